The molecular weight excluding hydrogens is 210 g/mol. The molecule has 1 amide bonds. The number of piperidine rings is 1. The Bertz CT molecular complexity index is 267. The van der Waals surface area contributed by atoms with Crippen molar-refractivity contribution in [2.75, 3.05) is 19.8 Å². The van der Waals surface area contributed by atoms with Crippen molar-refractivity contribution in [2.24, 2.45) is 5.92 Å². The summed E-state index contributed by atoms with van der Waals surface area (Å²) in [5.74, 6) is -0.646. The lowest BCUT2D eigenvalue weighted by atomic mass is 9.95. The van der Waals surface area contributed by atoms with Crippen LogP contribution in [0.5, 0.6) is 0 Å². The molecule has 1 aliphatic heterocycles. The molecule has 1 fully saturated rings. The van der Waals surface area contributed by atoms with Crippen molar-refractivity contribution in [2.45, 2.75) is 32.7 Å². The quantitative estimate of drug-likeness (QED) is 0.772. The number of hydrogen-bond donors (Lipinski definition) is 1. The molecule has 1 rings (SSSR count). The van der Waals surface area contributed by atoms with Gasteiger partial charge in [-0.1, -0.05) is 6.92 Å². The molecule has 1 heterocycles. The zero-order valence-electron chi connectivity index (χ0n) is 9.81. The Morgan fingerprint density at radius 3 is 2.62 bits per heavy atom. The van der Waals surface area contributed by atoms with Crippen LogP contribution >= 0.6 is 0 Å². The van der Waals surface area contributed by atoms with Gasteiger partial charge in [0.05, 0.1) is 0 Å². The number of carbonyl (C=O) groups is 2. The fourth-order valence-corrected chi connectivity index (χ4v) is 1.94. The maximum Gasteiger partial charge on any atom is 0.329 e. The number of likely N-dealkylation sites (tertiary alicyclic amines) is 1. The topological polar surface area (TPSA) is 66.8 Å². The smallest absolute Gasteiger partial charge is 0.329 e. The van der Waals surface area contributed by atoms with Crippen LogP contribution in [0.3, 0.4) is 0 Å². The minimum absolute atomic E-state index is 0.111. The first-order valence-corrected chi connectivity index (χ1v) is 5.59. The molecule has 1 N–H and O–H groups in total. The van der Waals surface area contributed by atoms with Crippen molar-refractivity contribution in [3.05, 3.63) is 0 Å². The van der Waals surface area contributed by atoms with E-state index in [4.69, 9.17) is 9.84 Å². The van der Waals surface area contributed by atoms with Gasteiger partial charge < -0.3 is 14.7 Å². The minimum Gasteiger partial charge on any atom is -0.480 e. The molecule has 92 valence electrons. The van der Waals surface area contributed by atoms with E-state index in [-0.39, 0.29) is 18.6 Å². The zero-order chi connectivity index (χ0) is 12.1. The number of carbonyl (C=O) groups excluding carboxylic acids is 1. The van der Waals surface area contributed by atoms with Gasteiger partial charge in [0.25, 0.3) is 0 Å². The predicted octanol–water partition coefficient (Wildman–Crippen LogP) is 0.735. The number of aliphatic carboxylic acids is 1. The largest absolute Gasteiger partial charge is 0.480 e. The normalized spacial score (nSPS) is 25.5. The van der Waals surface area contributed by atoms with Crippen LogP contribution in [0.15, 0.2) is 0 Å². The van der Waals surface area contributed by atoms with E-state index in [1.165, 1.54) is 0 Å². The van der Waals surface area contributed by atoms with Gasteiger partial charge in [-0.3, -0.25) is 4.79 Å². The van der Waals surface area contributed by atoms with Crippen molar-refractivity contribution in [1.82, 2.24) is 4.90 Å². The molecule has 0 aromatic heterocycles. The van der Waals surface area contributed by atoms with Gasteiger partial charge in [-0.15, -0.1) is 0 Å². The second-order valence-corrected chi connectivity index (χ2v) is 4.46. The summed E-state index contributed by atoms with van der Waals surface area (Å²) < 4.78 is 4.80. The van der Waals surface area contributed by atoms with E-state index in [2.05, 4.69) is 6.92 Å². The van der Waals surface area contributed by atoms with Crippen LogP contribution in [-0.4, -0.2) is 47.7 Å². The number of hydrogen-bond acceptors (Lipinski definition) is 3. The molecule has 0 saturated carbocycles. The summed E-state index contributed by atoms with van der Waals surface area (Å²) in [6.07, 6.45) is 2.15. The Morgan fingerprint density at radius 2 is 2.00 bits per heavy atom. The average molecular weight is 229 g/mol. The van der Waals surface area contributed by atoms with Crippen LogP contribution in [-0.2, 0) is 14.3 Å². The summed E-state index contributed by atoms with van der Waals surface area (Å²) in [7, 11) is 0. The third-order valence-electron chi connectivity index (χ3n) is 2.89. The summed E-state index contributed by atoms with van der Waals surface area (Å²) in [4.78, 5) is 23.8. The Labute approximate surface area is 95.4 Å². The monoisotopic (exact) mass is 229 g/mol. The van der Waals surface area contributed by atoms with Crippen molar-refractivity contribution >= 4 is 11.9 Å². The van der Waals surface area contributed by atoms with Gasteiger partial charge in [0, 0.05) is 12.6 Å². The second kappa shape index (κ2) is 5.84. The number of rotatable bonds is 4. The van der Waals surface area contributed by atoms with Crippen molar-refractivity contribution in [1.29, 1.82) is 0 Å². The second-order valence-electron chi connectivity index (χ2n) is 4.46. The molecular formula is C11H19NO4. The molecule has 0 aliphatic carbocycles. The van der Waals surface area contributed by atoms with Gasteiger partial charge in [-0.2, -0.15) is 0 Å². The minimum atomic E-state index is -1.05. The number of ether oxygens (including phenoxy) is 1. The van der Waals surface area contributed by atoms with Crippen molar-refractivity contribution < 1.29 is 19.4 Å². The Hall–Kier alpha value is -1.10. The first-order chi connectivity index (χ1) is 7.50. The summed E-state index contributed by atoms with van der Waals surface area (Å²) in [5, 5.41) is 8.38. The molecule has 5 heteroatoms. The Balaban J connectivity index is 2.36. The summed E-state index contributed by atoms with van der Waals surface area (Å²) in [5.41, 5.74) is 0. The highest BCUT2D eigenvalue weighted by Crippen LogP contribution is 2.21. The van der Waals surface area contributed by atoms with Crippen molar-refractivity contribution in [3.63, 3.8) is 0 Å². The van der Waals surface area contributed by atoms with E-state index < -0.39 is 12.6 Å². The van der Waals surface area contributed by atoms with E-state index in [0.717, 1.165) is 19.4 Å². The lowest BCUT2D eigenvalue weighted by Crippen LogP contribution is -2.46. The van der Waals surface area contributed by atoms with E-state index in [1.807, 2.05) is 6.92 Å². The molecule has 0 aromatic carbocycles. The van der Waals surface area contributed by atoms with Gasteiger partial charge >= 0.3 is 5.97 Å². The molecule has 0 radical (unpaired) electrons. The van der Waals surface area contributed by atoms with Gasteiger partial charge in [-0.05, 0) is 25.7 Å². The zero-order valence-corrected chi connectivity index (χ0v) is 9.81. The lowest BCUT2D eigenvalue weighted by Gasteiger charge is -2.36. The first-order valence-electron chi connectivity index (χ1n) is 5.59. The number of amides is 1. The van der Waals surface area contributed by atoms with E-state index >= 15 is 0 Å². The average Bonchev–Trinajstić information content (AvgIpc) is 2.21. The van der Waals surface area contributed by atoms with Crippen LogP contribution in [0.1, 0.15) is 26.7 Å². The molecule has 2 atom stereocenters. The Kier molecular flexibility index (Phi) is 4.73. The van der Waals surface area contributed by atoms with Crippen LogP contribution in [0.2, 0.25) is 0 Å². The molecule has 1 aliphatic rings. The summed E-state index contributed by atoms with van der Waals surface area (Å²) in [6, 6.07) is 0.233. The maximum absolute atomic E-state index is 11.7. The highest BCUT2D eigenvalue weighted by atomic mass is 16.5. The Morgan fingerprint density at radius 1 is 1.31 bits per heavy atom. The summed E-state index contributed by atoms with van der Waals surface area (Å²) in [6.45, 7) is 4.33. The maximum atomic E-state index is 11.7. The molecule has 16 heavy (non-hydrogen) atoms. The highest BCUT2D eigenvalue weighted by Gasteiger charge is 2.26. The van der Waals surface area contributed by atoms with Crippen LogP contribution in [0.4, 0.5) is 0 Å². The third kappa shape index (κ3) is 3.81. The van der Waals surface area contributed by atoms with Gasteiger partial charge in [0.15, 0.2) is 0 Å². The van der Waals surface area contributed by atoms with Gasteiger partial charge in [0.1, 0.15) is 13.2 Å². The van der Waals surface area contributed by atoms with Gasteiger partial charge in [-0.25, -0.2) is 4.79 Å². The molecule has 5 nitrogen and oxygen atoms in total. The number of carboxylic acid groups (broad SMARTS) is 1. The lowest BCUT2D eigenvalue weighted by molar-refractivity contribution is -0.147. The fraction of sp³-hybridized carbons (Fsp3) is 0.818. The predicted molar refractivity (Wildman–Crippen MR) is 58.0 cm³/mol. The summed E-state index contributed by atoms with van der Waals surface area (Å²) >= 11 is 0. The fourth-order valence-electron chi connectivity index (χ4n) is 1.94. The molecule has 0 spiro atoms. The number of nitrogens with zero attached hydrogens (tertiary/aromatic N) is 1. The van der Waals surface area contributed by atoms with Crippen LogP contribution in [0.25, 0.3) is 0 Å². The van der Waals surface area contributed by atoms with Crippen LogP contribution < -0.4 is 0 Å². The standard InChI is InChI=1S/C11H19NO4/c1-8-3-4-9(2)12(5-8)10(13)6-16-7-11(14)15/h8-9H,3-7H2,1-2H3,(H,14,15). The molecule has 0 aromatic rings. The molecule has 1 saturated heterocycles. The SMILES string of the molecule is CC1CCC(C)N(C(=O)COCC(=O)O)C1. The molecule has 2 unspecified atom stereocenters. The van der Waals surface area contributed by atoms with E-state index in [0.29, 0.717) is 5.92 Å². The molecule has 0 bridgehead atoms. The highest BCUT2D eigenvalue weighted by molar-refractivity contribution is 5.78. The van der Waals surface area contributed by atoms with Crippen LogP contribution in [0, 0.1) is 5.92 Å². The van der Waals surface area contributed by atoms with E-state index in [1.54, 1.807) is 4.90 Å². The van der Waals surface area contributed by atoms with Crippen molar-refractivity contribution in [3.8, 4) is 0 Å². The van der Waals surface area contributed by atoms with Gasteiger partial charge in [0.2, 0.25) is 5.91 Å². The number of carboxylic acids is 1. The third-order valence-corrected chi connectivity index (χ3v) is 2.89. The first kappa shape index (κ1) is 13.0. The van der Waals surface area contributed by atoms with E-state index in [9.17, 15) is 9.59 Å².